The van der Waals surface area contributed by atoms with E-state index in [1.807, 2.05) is 0 Å². The fraction of sp³-hybridized carbons (Fsp3) is 0.600. The van der Waals surface area contributed by atoms with Gasteiger partial charge in [0.1, 0.15) is 10.7 Å². The van der Waals surface area contributed by atoms with Gasteiger partial charge in [-0.05, 0) is 34.8 Å². The van der Waals surface area contributed by atoms with Gasteiger partial charge in [0.25, 0.3) is 0 Å². The van der Waals surface area contributed by atoms with Gasteiger partial charge in [-0.15, -0.1) is 0 Å². The molecule has 0 unspecified atom stereocenters. The van der Waals surface area contributed by atoms with Gasteiger partial charge in [0.15, 0.2) is 0 Å². The SMILES string of the molecule is CN(CC(=O)NC1CCCCCC1)S(=O)(=O)c1cc(Br)cnc1N. The number of hydrogen-bond acceptors (Lipinski definition) is 5. The summed E-state index contributed by atoms with van der Waals surface area (Å²) < 4.78 is 26.7. The molecule has 0 aromatic carbocycles. The lowest BCUT2D eigenvalue weighted by molar-refractivity contribution is -0.121. The molecule has 0 bridgehead atoms. The first-order valence-electron chi connectivity index (χ1n) is 7.97. The van der Waals surface area contributed by atoms with Crippen LogP contribution in [0.25, 0.3) is 0 Å². The summed E-state index contributed by atoms with van der Waals surface area (Å²) in [5.41, 5.74) is 5.67. The fourth-order valence-electron chi connectivity index (χ4n) is 2.79. The lowest BCUT2D eigenvalue weighted by Gasteiger charge is -2.20. The number of rotatable bonds is 5. The molecule has 0 atom stereocenters. The first-order valence-corrected chi connectivity index (χ1v) is 10.2. The molecule has 7 nitrogen and oxygen atoms in total. The Morgan fingerprint density at radius 3 is 2.62 bits per heavy atom. The van der Waals surface area contributed by atoms with E-state index in [2.05, 4.69) is 26.2 Å². The number of anilines is 1. The van der Waals surface area contributed by atoms with Crippen molar-refractivity contribution in [2.75, 3.05) is 19.3 Å². The minimum Gasteiger partial charge on any atom is -0.383 e. The van der Waals surface area contributed by atoms with Crippen LogP contribution in [-0.2, 0) is 14.8 Å². The van der Waals surface area contributed by atoms with Crippen molar-refractivity contribution in [3.8, 4) is 0 Å². The van der Waals surface area contributed by atoms with Crippen molar-refractivity contribution in [1.29, 1.82) is 0 Å². The zero-order chi connectivity index (χ0) is 17.7. The molecule has 1 aliphatic carbocycles. The van der Waals surface area contributed by atoms with Gasteiger partial charge in [-0.3, -0.25) is 4.79 Å². The van der Waals surface area contributed by atoms with Gasteiger partial charge >= 0.3 is 0 Å². The van der Waals surface area contributed by atoms with E-state index in [1.165, 1.54) is 32.2 Å². The second kappa shape index (κ2) is 8.26. The summed E-state index contributed by atoms with van der Waals surface area (Å²) in [6.45, 7) is -0.245. The van der Waals surface area contributed by atoms with Crippen LogP contribution in [0.5, 0.6) is 0 Å². The highest BCUT2D eigenvalue weighted by atomic mass is 79.9. The first-order chi connectivity index (χ1) is 11.3. The Kier molecular flexibility index (Phi) is 6.59. The Balaban J connectivity index is 2.03. The quantitative estimate of drug-likeness (QED) is 0.710. The normalized spacial score (nSPS) is 16.8. The third kappa shape index (κ3) is 4.90. The average molecular weight is 419 g/mol. The summed E-state index contributed by atoms with van der Waals surface area (Å²) in [5.74, 6) is -0.385. The topological polar surface area (TPSA) is 105 Å². The number of nitrogen functional groups attached to an aromatic ring is 1. The predicted octanol–water partition coefficient (Wildman–Crippen LogP) is 1.89. The van der Waals surface area contributed by atoms with E-state index in [4.69, 9.17) is 5.73 Å². The van der Waals surface area contributed by atoms with E-state index in [0.29, 0.717) is 4.47 Å². The van der Waals surface area contributed by atoms with Crippen LogP contribution in [-0.4, -0.2) is 43.2 Å². The minimum atomic E-state index is -3.88. The van der Waals surface area contributed by atoms with Crippen LogP contribution in [0.15, 0.2) is 21.6 Å². The van der Waals surface area contributed by atoms with Crippen molar-refractivity contribution in [2.24, 2.45) is 0 Å². The van der Waals surface area contributed by atoms with Crippen LogP contribution in [0.3, 0.4) is 0 Å². The molecule has 1 aromatic heterocycles. The number of hydrogen-bond donors (Lipinski definition) is 2. The van der Waals surface area contributed by atoms with Crippen molar-refractivity contribution in [3.63, 3.8) is 0 Å². The molecule has 1 fully saturated rings. The molecule has 0 radical (unpaired) electrons. The molecule has 9 heteroatoms. The van der Waals surface area contributed by atoms with Gasteiger partial charge in [0, 0.05) is 23.8 Å². The molecule has 1 aromatic rings. The summed E-state index contributed by atoms with van der Waals surface area (Å²) in [4.78, 5) is 15.9. The van der Waals surface area contributed by atoms with Crippen molar-refractivity contribution in [2.45, 2.75) is 49.5 Å². The summed E-state index contributed by atoms with van der Waals surface area (Å²) in [6.07, 6.45) is 7.90. The number of pyridine rings is 1. The molecule has 24 heavy (non-hydrogen) atoms. The maximum atomic E-state index is 12.6. The standard InChI is InChI=1S/C15H23BrN4O3S/c1-20(10-14(21)19-12-6-4-2-3-5-7-12)24(22,23)13-8-11(16)9-18-15(13)17/h8-9,12H,2-7,10H2,1H3,(H2,17,18)(H,19,21). The van der Waals surface area contributed by atoms with Gasteiger partial charge in [0.2, 0.25) is 15.9 Å². The zero-order valence-electron chi connectivity index (χ0n) is 13.7. The Morgan fingerprint density at radius 2 is 2.00 bits per heavy atom. The van der Waals surface area contributed by atoms with Gasteiger partial charge in [-0.1, -0.05) is 25.7 Å². The lowest BCUT2D eigenvalue weighted by atomic mass is 10.1. The van der Waals surface area contributed by atoms with E-state index < -0.39 is 10.0 Å². The van der Waals surface area contributed by atoms with E-state index in [9.17, 15) is 13.2 Å². The molecule has 1 saturated carbocycles. The molecule has 3 N–H and O–H groups in total. The second-order valence-corrected chi connectivity index (χ2v) is 8.98. The highest BCUT2D eigenvalue weighted by Gasteiger charge is 2.27. The number of carbonyl (C=O) groups is 1. The Labute approximate surface area is 151 Å². The number of halogens is 1. The van der Waals surface area contributed by atoms with Crippen LogP contribution in [0.2, 0.25) is 0 Å². The van der Waals surface area contributed by atoms with Gasteiger partial charge in [0.05, 0.1) is 6.54 Å². The third-order valence-electron chi connectivity index (χ3n) is 4.12. The van der Waals surface area contributed by atoms with Crippen molar-refractivity contribution in [3.05, 3.63) is 16.7 Å². The van der Waals surface area contributed by atoms with E-state index in [0.717, 1.165) is 30.0 Å². The molecular weight excluding hydrogens is 396 g/mol. The lowest BCUT2D eigenvalue weighted by Crippen LogP contribution is -2.42. The van der Waals surface area contributed by atoms with Crippen molar-refractivity contribution >= 4 is 37.7 Å². The van der Waals surface area contributed by atoms with E-state index in [1.54, 1.807) is 0 Å². The summed E-state index contributed by atoms with van der Waals surface area (Å²) in [7, 11) is -2.52. The van der Waals surface area contributed by atoms with Crippen LogP contribution in [0.4, 0.5) is 5.82 Å². The fourth-order valence-corrected chi connectivity index (χ4v) is 4.49. The molecule has 2 rings (SSSR count). The van der Waals surface area contributed by atoms with E-state index >= 15 is 0 Å². The van der Waals surface area contributed by atoms with Crippen LogP contribution in [0.1, 0.15) is 38.5 Å². The summed E-state index contributed by atoms with van der Waals surface area (Å²) in [5, 5.41) is 2.94. The van der Waals surface area contributed by atoms with Gasteiger partial charge in [-0.25, -0.2) is 13.4 Å². The number of likely N-dealkylation sites (N-methyl/N-ethyl adjacent to an activating group) is 1. The van der Waals surface area contributed by atoms with E-state index in [-0.39, 0.29) is 29.2 Å². The minimum absolute atomic E-state index is 0.0887. The second-order valence-electron chi connectivity index (χ2n) is 6.05. The van der Waals surface area contributed by atoms with Crippen LogP contribution in [0, 0.1) is 0 Å². The average Bonchev–Trinajstić information content (AvgIpc) is 2.78. The largest absolute Gasteiger partial charge is 0.383 e. The number of amides is 1. The molecule has 1 aliphatic rings. The maximum absolute atomic E-state index is 12.6. The number of nitrogens with two attached hydrogens (primary N) is 1. The summed E-state index contributed by atoms with van der Waals surface area (Å²) >= 11 is 3.18. The first kappa shape index (κ1) is 19.1. The van der Waals surface area contributed by atoms with Crippen molar-refractivity contribution in [1.82, 2.24) is 14.6 Å². The third-order valence-corrected chi connectivity index (χ3v) is 6.39. The zero-order valence-corrected chi connectivity index (χ0v) is 16.1. The number of nitrogens with one attached hydrogen (secondary N) is 1. The molecule has 1 heterocycles. The number of sulfonamides is 1. The Hall–Kier alpha value is -1.19. The van der Waals surface area contributed by atoms with Crippen molar-refractivity contribution < 1.29 is 13.2 Å². The highest BCUT2D eigenvalue weighted by Crippen LogP contribution is 2.23. The van der Waals surface area contributed by atoms with Crippen LogP contribution >= 0.6 is 15.9 Å². The monoisotopic (exact) mass is 418 g/mol. The molecule has 1 amide bonds. The predicted molar refractivity (Wildman–Crippen MR) is 95.8 cm³/mol. The van der Waals surface area contributed by atoms with Gasteiger partial charge in [-0.2, -0.15) is 4.31 Å². The molecule has 0 saturated heterocycles. The number of aromatic nitrogens is 1. The van der Waals surface area contributed by atoms with Crippen LogP contribution < -0.4 is 11.1 Å². The Morgan fingerprint density at radius 1 is 1.38 bits per heavy atom. The molecule has 134 valence electrons. The molecule has 0 aliphatic heterocycles. The van der Waals surface area contributed by atoms with Gasteiger partial charge < -0.3 is 11.1 Å². The Bertz CT molecular complexity index is 688. The summed E-state index contributed by atoms with van der Waals surface area (Å²) in [6, 6.07) is 1.52. The smallest absolute Gasteiger partial charge is 0.246 e. The maximum Gasteiger partial charge on any atom is 0.246 e. The number of carbonyl (C=O) groups excluding carboxylic acids is 1. The number of nitrogens with zero attached hydrogens (tertiary/aromatic N) is 2. The molecular formula is C15H23BrN4O3S. The highest BCUT2D eigenvalue weighted by molar-refractivity contribution is 9.10. The molecule has 0 spiro atoms.